The monoisotopic (exact) mass is 224 g/mol. The van der Waals surface area contributed by atoms with E-state index in [1.165, 1.54) is 0 Å². The Labute approximate surface area is 89.7 Å². The molecule has 0 atom stereocenters. The van der Waals surface area contributed by atoms with Gasteiger partial charge in [0.1, 0.15) is 23.5 Å². The standard InChI is InChI=1S/C11H6F2O3/c12-8-5-7(3-1-2-4-14)6-9(13)10(8)11(15)16/h4-6H,2H2,(H,15,16). The molecule has 0 saturated carbocycles. The van der Waals surface area contributed by atoms with Crippen molar-refractivity contribution in [3.05, 3.63) is 34.9 Å². The minimum Gasteiger partial charge on any atom is -0.477 e. The van der Waals surface area contributed by atoms with Gasteiger partial charge in [-0.05, 0) is 12.1 Å². The van der Waals surface area contributed by atoms with Crippen LogP contribution in [0, 0.1) is 23.5 Å². The predicted molar refractivity (Wildman–Crippen MR) is 50.9 cm³/mol. The van der Waals surface area contributed by atoms with Gasteiger partial charge >= 0.3 is 5.97 Å². The molecule has 1 aromatic rings. The SMILES string of the molecule is O=CCC#Cc1cc(F)c(C(=O)O)c(F)c1. The van der Waals surface area contributed by atoms with Crippen molar-refractivity contribution in [3.63, 3.8) is 0 Å². The van der Waals surface area contributed by atoms with Crippen molar-refractivity contribution in [2.75, 3.05) is 0 Å². The third-order valence-electron chi connectivity index (χ3n) is 1.67. The summed E-state index contributed by atoms with van der Waals surface area (Å²) in [5, 5.41) is 8.49. The van der Waals surface area contributed by atoms with Gasteiger partial charge < -0.3 is 9.90 Å². The molecule has 0 aromatic heterocycles. The highest BCUT2D eigenvalue weighted by molar-refractivity contribution is 5.88. The zero-order valence-corrected chi connectivity index (χ0v) is 7.96. The molecule has 3 nitrogen and oxygen atoms in total. The van der Waals surface area contributed by atoms with Crippen LogP contribution in [0.2, 0.25) is 0 Å². The summed E-state index contributed by atoms with van der Waals surface area (Å²) in [4.78, 5) is 20.4. The Balaban J connectivity index is 3.16. The number of hydrogen-bond acceptors (Lipinski definition) is 2. The molecule has 0 unspecified atom stereocenters. The number of rotatable bonds is 2. The molecule has 0 fully saturated rings. The Bertz CT molecular complexity index is 475. The fourth-order valence-corrected chi connectivity index (χ4v) is 1.04. The van der Waals surface area contributed by atoms with E-state index in [4.69, 9.17) is 5.11 Å². The van der Waals surface area contributed by atoms with Crippen molar-refractivity contribution < 1.29 is 23.5 Å². The zero-order valence-electron chi connectivity index (χ0n) is 7.96. The van der Waals surface area contributed by atoms with E-state index in [2.05, 4.69) is 11.8 Å². The van der Waals surface area contributed by atoms with Crippen LogP contribution in [0.3, 0.4) is 0 Å². The lowest BCUT2D eigenvalue weighted by molar-refractivity contribution is -0.107. The van der Waals surface area contributed by atoms with Gasteiger partial charge in [-0.1, -0.05) is 11.8 Å². The number of hydrogen-bond donors (Lipinski definition) is 1. The van der Waals surface area contributed by atoms with Crippen LogP contribution in [0.5, 0.6) is 0 Å². The molecule has 0 aliphatic heterocycles. The highest BCUT2D eigenvalue weighted by Crippen LogP contribution is 2.14. The topological polar surface area (TPSA) is 54.4 Å². The molecule has 1 N–H and O–H groups in total. The Hall–Kier alpha value is -2.22. The van der Waals surface area contributed by atoms with E-state index in [-0.39, 0.29) is 12.0 Å². The summed E-state index contributed by atoms with van der Waals surface area (Å²) in [5.41, 5.74) is -1.03. The largest absolute Gasteiger partial charge is 0.477 e. The van der Waals surface area contributed by atoms with Gasteiger partial charge in [0, 0.05) is 5.56 Å². The highest BCUT2D eigenvalue weighted by atomic mass is 19.1. The zero-order chi connectivity index (χ0) is 12.1. The number of carboxylic acids is 1. The molecule has 0 aliphatic carbocycles. The number of carbonyl (C=O) groups excluding carboxylic acids is 1. The number of aldehydes is 1. The minimum absolute atomic E-state index is 0.0122. The fourth-order valence-electron chi connectivity index (χ4n) is 1.04. The van der Waals surface area contributed by atoms with Gasteiger partial charge in [0.25, 0.3) is 0 Å². The lowest BCUT2D eigenvalue weighted by Crippen LogP contribution is -2.05. The van der Waals surface area contributed by atoms with Crippen LogP contribution < -0.4 is 0 Å². The molecule has 1 aromatic carbocycles. The fraction of sp³-hybridized carbons (Fsp3) is 0.0909. The van der Waals surface area contributed by atoms with Crippen LogP contribution in [-0.4, -0.2) is 17.4 Å². The van der Waals surface area contributed by atoms with E-state index >= 15 is 0 Å². The van der Waals surface area contributed by atoms with Crippen LogP contribution >= 0.6 is 0 Å². The first-order chi connectivity index (χ1) is 7.56. The second-order valence-corrected chi connectivity index (χ2v) is 2.79. The normalized spacial score (nSPS) is 9.12. The molecular formula is C11H6F2O3. The summed E-state index contributed by atoms with van der Waals surface area (Å²) < 4.78 is 26.2. The Kier molecular flexibility index (Phi) is 3.72. The molecule has 0 heterocycles. The number of aromatic carboxylic acids is 1. The average molecular weight is 224 g/mol. The lowest BCUT2D eigenvalue weighted by atomic mass is 10.1. The highest BCUT2D eigenvalue weighted by Gasteiger charge is 2.16. The van der Waals surface area contributed by atoms with Crippen LogP contribution in [0.4, 0.5) is 8.78 Å². The van der Waals surface area contributed by atoms with Gasteiger partial charge in [-0.25, -0.2) is 13.6 Å². The molecule has 0 aliphatic rings. The molecule has 1 rings (SSSR count). The van der Waals surface area contributed by atoms with E-state index < -0.39 is 23.2 Å². The Morgan fingerprint density at radius 2 is 1.94 bits per heavy atom. The van der Waals surface area contributed by atoms with E-state index in [0.717, 1.165) is 12.1 Å². The molecule has 0 amide bonds. The van der Waals surface area contributed by atoms with Gasteiger partial charge in [-0.3, -0.25) is 0 Å². The van der Waals surface area contributed by atoms with Gasteiger partial charge in [0.05, 0.1) is 6.42 Å². The molecule has 0 radical (unpaired) electrons. The predicted octanol–water partition coefficient (Wildman–Crippen LogP) is 1.60. The number of benzene rings is 1. The summed E-state index contributed by atoms with van der Waals surface area (Å²) in [6, 6.07) is 1.62. The van der Waals surface area contributed by atoms with E-state index in [1.54, 1.807) is 0 Å². The number of carboxylic acid groups (broad SMARTS) is 1. The van der Waals surface area contributed by atoms with Crippen molar-refractivity contribution in [1.82, 2.24) is 0 Å². The second-order valence-electron chi connectivity index (χ2n) is 2.79. The van der Waals surface area contributed by atoms with Gasteiger partial charge in [0.15, 0.2) is 0 Å². The first kappa shape index (κ1) is 11.9. The maximum atomic E-state index is 13.1. The van der Waals surface area contributed by atoms with Gasteiger partial charge in [-0.15, -0.1) is 0 Å². The van der Waals surface area contributed by atoms with Crippen LogP contribution in [0.25, 0.3) is 0 Å². The van der Waals surface area contributed by atoms with E-state index in [1.807, 2.05) is 0 Å². The molecular weight excluding hydrogens is 218 g/mol. The van der Waals surface area contributed by atoms with Crippen LogP contribution in [-0.2, 0) is 4.79 Å². The van der Waals surface area contributed by atoms with Crippen molar-refractivity contribution in [2.45, 2.75) is 6.42 Å². The molecule has 5 heteroatoms. The first-order valence-electron chi connectivity index (χ1n) is 4.21. The molecule has 0 bridgehead atoms. The van der Waals surface area contributed by atoms with Crippen molar-refractivity contribution in [1.29, 1.82) is 0 Å². The summed E-state index contributed by atoms with van der Waals surface area (Å²) >= 11 is 0. The Morgan fingerprint density at radius 1 is 1.38 bits per heavy atom. The quantitative estimate of drug-likeness (QED) is 0.613. The summed E-state index contributed by atoms with van der Waals surface area (Å²) in [6.07, 6.45) is 0.495. The van der Waals surface area contributed by atoms with Crippen molar-refractivity contribution in [2.24, 2.45) is 0 Å². The van der Waals surface area contributed by atoms with E-state index in [0.29, 0.717) is 6.29 Å². The maximum absolute atomic E-state index is 13.1. The van der Waals surface area contributed by atoms with E-state index in [9.17, 15) is 18.4 Å². The average Bonchev–Trinajstić information content (AvgIpc) is 2.16. The molecule has 0 saturated heterocycles. The minimum atomic E-state index is -1.68. The summed E-state index contributed by atoms with van der Waals surface area (Å²) in [5.74, 6) is 0.633. The maximum Gasteiger partial charge on any atom is 0.341 e. The molecule has 82 valence electrons. The summed E-state index contributed by atoms with van der Waals surface area (Å²) in [7, 11) is 0. The molecule has 16 heavy (non-hydrogen) atoms. The van der Waals surface area contributed by atoms with Crippen LogP contribution in [0.15, 0.2) is 12.1 Å². The lowest BCUT2D eigenvalue weighted by Gasteiger charge is -1.99. The number of halogens is 2. The molecule has 0 spiro atoms. The third kappa shape index (κ3) is 2.64. The first-order valence-corrected chi connectivity index (χ1v) is 4.21. The smallest absolute Gasteiger partial charge is 0.341 e. The Morgan fingerprint density at radius 3 is 2.38 bits per heavy atom. The van der Waals surface area contributed by atoms with Gasteiger partial charge in [0.2, 0.25) is 0 Å². The second kappa shape index (κ2) is 5.03. The van der Waals surface area contributed by atoms with Gasteiger partial charge in [-0.2, -0.15) is 0 Å². The van der Waals surface area contributed by atoms with Crippen molar-refractivity contribution in [3.8, 4) is 11.8 Å². The van der Waals surface area contributed by atoms with Crippen LogP contribution in [0.1, 0.15) is 22.3 Å². The number of carbonyl (C=O) groups is 2. The van der Waals surface area contributed by atoms with Crippen molar-refractivity contribution >= 4 is 12.3 Å². The third-order valence-corrected chi connectivity index (χ3v) is 1.67. The summed E-state index contributed by atoms with van der Waals surface area (Å²) in [6.45, 7) is 0.